The quantitative estimate of drug-likeness (QED) is 0.117. The molecule has 0 aromatic carbocycles. The highest BCUT2D eigenvalue weighted by Crippen LogP contribution is 2.08. The molecular formula is C21H33N7O8. The lowest BCUT2D eigenvalue weighted by Crippen LogP contribution is -2.58. The lowest BCUT2D eigenvalue weighted by molar-refractivity contribution is -0.144. The number of hydrogen-bond acceptors (Lipinski definition) is 8. The topological polar surface area (TPSA) is 260 Å². The van der Waals surface area contributed by atoms with Crippen LogP contribution in [0, 0.1) is 5.92 Å². The van der Waals surface area contributed by atoms with Crippen molar-refractivity contribution in [3.63, 3.8) is 0 Å². The average molecular weight is 512 g/mol. The van der Waals surface area contributed by atoms with Crippen molar-refractivity contribution in [1.82, 2.24) is 25.9 Å². The van der Waals surface area contributed by atoms with Crippen LogP contribution in [0.3, 0.4) is 0 Å². The molecule has 0 aliphatic carbocycles. The number of imidazole rings is 1. The number of nitrogens with zero attached hydrogens (tertiary/aromatic N) is 1. The van der Waals surface area contributed by atoms with Gasteiger partial charge in [-0.05, 0) is 18.8 Å². The van der Waals surface area contributed by atoms with Crippen LogP contribution in [-0.4, -0.2) is 79.9 Å². The van der Waals surface area contributed by atoms with Gasteiger partial charge < -0.3 is 42.6 Å². The molecule has 10 N–H and O–H groups in total. The molecule has 15 heteroatoms. The average Bonchev–Trinajstić information content (AvgIpc) is 3.27. The monoisotopic (exact) mass is 511 g/mol. The molecule has 0 aliphatic heterocycles. The minimum Gasteiger partial charge on any atom is -0.481 e. The molecule has 1 aromatic rings. The van der Waals surface area contributed by atoms with Crippen LogP contribution < -0.4 is 27.4 Å². The van der Waals surface area contributed by atoms with Crippen molar-refractivity contribution in [3.8, 4) is 0 Å². The Bertz CT molecular complexity index is 935. The fourth-order valence-electron chi connectivity index (χ4n) is 3.18. The summed E-state index contributed by atoms with van der Waals surface area (Å²) in [6.07, 6.45) is 1.65. The van der Waals surface area contributed by atoms with E-state index in [2.05, 4.69) is 25.9 Å². The first kappa shape index (κ1) is 30.0. The second kappa shape index (κ2) is 14.4. The normalized spacial score (nSPS) is 14.2. The number of rotatable bonds is 16. The number of carboxylic acid groups (broad SMARTS) is 2. The molecule has 4 amide bonds. The predicted molar refractivity (Wildman–Crippen MR) is 124 cm³/mol. The van der Waals surface area contributed by atoms with Crippen LogP contribution >= 0.6 is 0 Å². The van der Waals surface area contributed by atoms with Crippen LogP contribution in [0.5, 0.6) is 0 Å². The number of primary amides is 1. The number of aromatic nitrogens is 2. The van der Waals surface area contributed by atoms with Gasteiger partial charge >= 0.3 is 11.9 Å². The lowest BCUT2D eigenvalue weighted by atomic mass is 10.0. The Morgan fingerprint density at radius 3 is 2.06 bits per heavy atom. The minimum absolute atomic E-state index is 0.0816. The van der Waals surface area contributed by atoms with Gasteiger partial charge in [-0.3, -0.25) is 24.0 Å². The number of nitrogens with one attached hydrogen (secondary N) is 4. The van der Waals surface area contributed by atoms with Crippen molar-refractivity contribution >= 4 is 35.6 Å². The van der Waals surface area contributed by atoms with E-state index in [1.54, 1.807) is 13.8 Å². The van der Waals surface area contributed by atoms with Crippen molar-refractivity contribution in [1.29, 1.82) is 0 Å². The molecule has 0 fully saturated rings. The van der Waals surface area contributed by atoms with Crippen LogP contribution in [0.2, 0.25) is 0 Å². The molecule has 0 saturated heterocycles. The van der Waals surface area contributed by atoms with Gasteiger partial charge in [0.1, 0.15) is 18.1 Å². The third kappa shape index (κ3) is 10.9. The zero-order valence-corrected chi connectivity index (χ0v) is 20.0. The van der Waals surface area contributed by atoms with Gasteiger partial charge in [-0.1, -0.05) is 13.8 Å². The number of nitrogens with two attached hydrogens (primary N) is 2. The number of hydrogen-bond donors (Lipinski definition) is 8. The molecule has 36 heavy (non-hydrogen) atoms. The largest absolute Gasteiger partial charge is 0.481 e. The Labute approximate surface area is 206 Å². The van der Waals surface area contributed by atoms with Gasteiger partial charge in [0, 0.05) is 24.7 Å². The third-order valence-corrected chi connectivity index (χ3v) is 4.98. The fraction of sp³-hybridized carbons (Fsp3) is 0.571. The number of aromatic amines is 1. The summed E-state index contributed by atoms with van der Waals surface area (Å²) in [4.78, 5) is 78.5. The van der Waals surface area contributed by atoms with E-state index < -0.39 is 66.2 Å². The highest BCUT2D eigenvalue weighted by Gasteiger charge is 2.32. The summed E-state index contributed by atoms with van der Waals surface area (Å²) in [6, 6.07) is -5.37. The van der Waals surface area contributed by atoms with Gasteiger partial charge in [-0.25, -0.2) is 9.78 Å². The molecule has 0 aliphatic rings. The van der Waals surface area contributed by atoms with Gasteiger partial charge in [0.05, 0.1) is 18.8 Å². The van der Waals surface area contributed by atoms with Crippen LogP contribution in [0.25, 0.3) is 0 Å². The summed E-state index contributed by atoms with van der Waals surface area (Å²) < 4.78 is 0. The number of H-pyrrole nitrogens is 1. The van der Waals surface area contributed by atoms with Crippen LogP contribution in [0.15, 0.2) is 12.5 Å². The van der Waals surface area contributed by atoms with Gasteiger partial charge in [-0.15, -0.1) is 0 Å². The summed E-state index contributed by atoms with van der Waals surface area (Å²) in [5, 5.41) is 25.3. The number of amides is 4. The second-order valence-electron chi connectivity index (χ2n) is 8.64. The summed E-state index contributed by atoms with van der Waals surface area (Å²) in [6.45, 7) is 3.57. The first-order valence-electron chi connectivity index (χ1n) is 11.2. The van der Waals surface area contributed by atoms with E-state index in [-0.39, 0.29) is 31.6 Å². The molecule has 0 saturated carbocycles. The number of carbonyl (C=O) groups excluding carboxylic acids is 4. The van der Waals surface area contributed by atoms with Crippen molar-refractivity contribution in [2.45, 2.75) is 70.1 Å². The molecule has 1 heterocycles. The Kier molecular flexibility index (Phi) is 12.0. The van der Waals surface area contributed by atoms with Gasteiger partial charge in [0.25, 0.3) is 0 Å². The Balaban J connectivity index is 2.95. The van der Waals surface area contributed by atoms with E-state index in [1.165, 1.54) is 12.5 Å². The summed E-state index contributed by atoms with van der Waals surface area (Å²) >= 11 is 0. The van der Waals surface area contributed by atoms with E-state index in [0.29, 0.717) is 5.69 Å². The molecule has 0 spiro atoms. The van der Waals surface area contributed by atoms with Gasteiger partial charge in [-0.2, -0.15) is 0 Å². The zero-order valence-electron chi connectivity index (χ0n) is 20.0. The first-order valence-corrected chi connectivity index (χ1v) is 11.2. The van der Waals surface area contributed by atoms with Crippen molar-refractivity contribution < 1.29 is 39.0 Å². The summed E-state index contributed by atoms with van der Waals surface area (Å²) in [7, 11) is 0. The molecule has 4 unspecified atom stereocenters. The smallest absolute Gasteiger partial charge is 0.326 e. The van der Waals surface area contributed by atoms with Crippen molar-refractivity contribution in [3.05, 3.63) is 18.2 Å². The Morgan fingerprint density at radius 1 is 0.972 bits per heavy atom. The lowest BCUT2D eigenvalue weighted by Gasteiger charge is -2.25. The fourth-order valence-corrected chi connectivity index (χ4v) is 3.18. The molecule has 1 rings (SSSR count). The van der Waals surface area contributed by atoms with Gasteiger partial charge in [0.2, 0.25) is 23.6 Å². The predicted octanol–water partition coefficient (Wildman–Crippen LogP) is -2.40. The van der Waals surface area contributed by atoms with Gasteiger partial charge in [0.15, 0.2) is 0 Å². The standard InChI is InChI=1S/C21H33N7O8/c1-10(2)5-14(27-18(32)12(22)6-11-8-24-9-25-11)19(33)28-15(7-17(30)31)20(34)26-13(21(35)36)3-4-16(23)29/h8-10,12-15H,3-7,22H2,1-2H3,(H2,23,29)(H,24,25)(H,26,34)(H,27,32)(H,28,33)(H,30,31)(H,35,36). The molecule has 0 radical (unpaired) electrons. The first-order chi connectivity index (χ1) is 16.8. The number of carboxylic acids is 2. The molecule has 0 bridgehead atoms. The number of aliphatic carboxylic acids is 2. The third-order valence-electron chi connectivity index (χ3n) is 4.98. The second-order valence-corrected chi connectivity index (χ2v) is 8.64. The molecule has 200 valence electrons. The van der Waals surface area contributed by atoms with E-state index in [4.69, 9.17) is 11.5 Å². The summed E-state index contributed by atoms with van der Waals surface area (Å²) in [5.74, 6) is -6.37. The Morgan fingerprint density at radius 2 is 1.56 bits per heavy atom. The zero-order chi connectivity index (χ0) is 27.4. The maximum atomic E-state index is 13.0. The Hall–Kier alpha value is -4.01. The number of carbonyl (C=O) groups is 6. The van der Waals surface area contributed by atoms with E-state index in [0.717, 1.165) is 0 Å². The minimum atomic E-state index is -1.66. The van der Waals surface area contributed by atoms with E-state index >= 15 is 0 Å². The van der Waals surface area contributed by atoms with Crippen LogP contribution in [0.4, 0.5) is 0 Å². The highest BCUT2D eigenvalue weighted by atomic mass is 16.4. The SMILES string of the molecule is CC(C)CC(NC(=O)C(N)Cc1cnc[nH]1)C(=O)NC(CC(=O)O)C(=O)NC(CCC(N)=O)C(=O)O. The molecule has 4 atom stereocenters. The maximum absolute atomic E-state index is 13.0. The van der Waals surface area contributed by atoms with Crippen LogP contribution in [0.1, 0.15) is 45.2 Å². The van der Waals surface area contributed by atoms with Crippen molar-refractivity contribution in [2.24, 2.45) is 17.4 Å². The van der Waals surface area contributed by atoms with E-state index in [1.807, 2.05) is 0 Å². The summed E-state index contributed by atoms with van der Waals surface area (Å²) in [5.41, 5.74) is 11.5. The molecule has 15 nitrogen and oxygen atoms in total. The molecule has 1 aromatic heterocycles. The van der Waals surface area contributed by atoms with Crippen molar-refractivity contribution in [2.75, 3.05) is 0 Å². The highest BCUT2D eigenvalue weighted by molar-refractivity contribution is 5.95. The maximum Gasteiger partial charge on any atom is 0.326 e. The molecular weight excluding hydrogens is 478 g/mol. The van der Waals surface area contributed by atoms with E-state index in [9.17, 15) is 39.0 Å². The van der Waals surface area contributed by atoms with Crippen LogP contribution in [-0.2, 0) is 35.2 Å².